The molecule has 0 bridgehead atoms. The first-order chi connectivity index (χ1) is 20.5. The van der Waals surface area contributed by atoms with Gasteiger partial charge in [0.15, 0.2) is 0 Å². The topological polar surface area (TPSA) is 105 Å². The number of anilines is 1. The smallest absolute Gasteiger partial charge is 0.264 e. The van der Waals surface area contributed by atoms with E-state index in [1.165, 1.54) is 17.0 Å². The van der Waals surface area contributed by atoms with Gasteiger partial charge in [-0.2, -0.15) is 0 Å². The SMILES string of the molecule is CCOc1ccc(N(CC(=O)N(Cc2ccc(OC)cc2)[C@H](CC)C(=O)N[C@@H](C)CC)S(=O)(=O)c2ccc(C)cc2)cc1. The fourth-order valence-corrected chi connectivity index (χ4v) is 5.94. The van der Waals surface area contributed by atoms with E-state index in [1.807, 2.05) is 46.8 Å². The van der Waals surface area contributed by atoms with Gasteiger partial charge in [0.1, 0.15) is 24.1 Å². The number of amides is 2. The van der Waals surface area contributed by atoms with E-state index in [0.29, 0.717) is 30.2 Å². The third-order valence-corrected chi connectivity index (χ3v) is 9.01. The Morgan fingerprint density at radius 1 is 0.860 bits per heavy atom. The number of rotatable bonds is 15. The first kappa shape index (κ1) is 33.5. The first-order valence-corrected chi connectivity index (χ1v) is 16.0. The molecule has 0 heterocycles. The molecule has 0 fully saturated rings. The largest absolute Gasteiger partial charge is 0.497 e. The van der Waals surface area contributed by atoms with Crippen LogP contribution in [0.5, 0.6) is 11.5 Å². The van der Waals surface area contributed by atoms with Gasteiger partial charge in [0.2, 0.25) is 11.8 Å². The second-order valence-electron chi connectivity index (χ2n) is 10.4. The number of hydrogen-bond donors (Lipinski definition) is 1. The Balaban J connectivity index is 2.06. The van der Waals surface area contributed by atoms with Gasteiger partial charge in [-0.05, 0) is 87.7 Å². The van der Waals surface area contributed by atoms with E-state index in [0.717, 1.165) is 21.9 Å². The summed E-state index contributed by atoms with van der Waals surface area (Å²) < 4.78 is 40.0. The standard InChI is InChI=1S/C33H43N3O6S/c1-7-25(5)34-33(38)31(8-2)35(22-26-12-16-28(41-6)17-13-26)32(37)23-36(27-14-18-29(19-15-27)42-9-3)43(39,40)30-20-10-24(4)11-21-30/h10-21,25,31H,7-9,22-23H2,1-6H3,(H,34,38)/t25-,31+/m0/s1. The van der Waals surface area contributed by atoms with Gasteiger partial charge in [-0.3, -0.25) is 13.9 Å². The van der Waals surface area contributed by atoms with E-state index < -0.39 is 28.5 Å². The lowest BCUT2D eigenvalue weighted by atomic mass is 10.1. The summed E-state index contributed by atoms with van der Waals surface area (Å²) in [6, 6.07) is 19.4. The number of ether oxygens (including phenoxy) is 2. The Kier molecular flexibility index (Phi) is 12.0. The highest BCUT2D eigenvalue weighted by Gasteiger charge is 2.34. The number of carbonyl (C=O) groups is 2. The molecular formula is C33H43N3O6S. The Bertz CT molecular complexity index is 1440. The summed E-state index contributed by atoms with van der Waals surface area (Å²) in [5.74, 6) is 0.451. The van der Waals surface area contributed by atoms with Crippen LogP contribution in [-0.2, 0) is 26.2 Å². The number of hydrogen-bond acceptors (Lipinski definition) is 6. The van der Waals surface area contributed by atoms with Crippen molar-refractivity contribution in [2.24, 2.45) is 0 Å². The molecule has 1 N–H and O–H groups in total. The molecule has 0 aliphatic heterocycles. The lowest BCUT2D eigenvalue weighted by Gasteiger charge is -2.33. The number of methoxy groups -OCH3 is 1. The molecule has 0 aliphatic rings. The third-order valence-electron chi connectivity index (χ3n) is 7.22. The van der Waals surface area contributed by atoms with Crippen LogP contribution in [0, 0.1) is 6.92 Å². The van der Waals surface area contributed by atoms with Crippen molar-refractivity contribution >= 4 is 27.5 Å². The number of sulfonamides is 1. The molecule has 3 aromatic carbocycles. The second kappa shape index (κ2) is 15.4. The van der Waals surface area contributed by atoms with E-state index >= 15 is 0 Å². The lowest BCUT2D eigenvalue weighted by molar-refractivity contribution is -0.140. The predicted molar refractivity (Wildman–Crippen MR) is 169 cm³/mol. The Morgan fingerprint density at radius 3 is 2.00 bits per heavy atom. The van der Waals surface area contributed by atoms with Gasteiger partial charge in [-0.1, -0.05) is 43.7 Å². The highest BCUT2D eigenvalue weighted by Crippen LogP contribution is 2.27. The molecule has 0 aromatic heterocycles. The molecule has 0 saturated carbocycles. The first-order valence-electron chi connectivity index (χ1n) is 14.6. The lowest BCUT2D eigenvalue weighted by Crippen LogP contribution is -2.53. The van der Waals surface area contributed by atoms with Crippen LogP contribution in [-0.4, -0.2) is 57.5 Å². The number of aryl methyl sites for hydroxylation is 1. The zero-order chi connectivity index (χ0) is 31.6. The molecule has 9 nitrogen and oxygen atoms in total. The van der Waals surface area contributed by atoms with Gasteiger partial charge >= 0.3 is 0 Å². The van der Waals surface area contributed by atoms with E-state index in [-0.39, 0.29) is 23.4 Å². The maximum absolute atomic E-state index is 14.2. The summed E-state index contributed by atoms with van der Waals surface area (Å²) in [5, 5.41) is 2.99. The van der Waals surface area contributed by atoms with Crippen LogP contribution in [0.2, 0.25) is 0 Å². The molecule has 2 amide bonds. The molecule has 0 saturated heterocycles. The van der Waals surface area contributed by atoms with Gasteiger partial charge in [-0.15, -0.1) is 0 Å². The molecule has 10 heteroatoms. The monoisotopic (exact) mass is 609 g/mol. The van der Waals surface area contributed by atoms with E-state index in [9.17, 15) is 18.0 Å². The molecular weight excluding hydrogens is 566 g/mol. The quantitative estimate of drug-likeness (QED) is 0.250. The van der Waals surface area contributed by atoms with Gasteiger partial charge in [0, 0.05) is 12.6 Å². The van der Waals surface area contributed by atoms with E-state index in [2.05, 4.69) is 5.32 Å². The fraction of sp³-hybridized carbons (Fsp3) is 0.394. The molecule has 0 unspecified atom stereocenters. The van der Waals surface area contributed by atoms with Crippen molar-refractivity contribution in [1.82, 2.24) is 10.2 Å². The zero-order valence-corrected chi connectivity index (χ0v) is 26.7. The van der Waals surface area contributed by atoms with Gasteiger partial charge in [-0.25, -0.2) is 8.42 Å². The van der Waals surface area contributed by atoms with Crippen molar-refractivity contribution < 1.29 is 27.5 Å². The van der Waals surface area contributed by atoms with Crippen LogP contribution in [0.15, 0.2) is 77.7 Å². The molecule has 3 rings (SSSR count). The fourth-order valence-electron chi connectivity index (χ4n) is 4.53. The average Bonchev–Trinajstić information content (AvgIpc) is 3.00. The van der Waals surface area contributed by atoms with Crippen molar-refractivity contribution in [1.29, 1.82) is 0 Å². The van der Waals surface area contributed by atoms with Crippen LogP contribution >= 0.6 is 0 Å². The van der Waals surface area contributed by atoms with Crippen molar-refractivity contribution in [3.63, 3.8) is 0 Å². The Hall–Kier alpha value is -4.05. The summed E-state index contributed by atoms with van der Waals surface area (Å²) in [4.78, 5) is 29.1. The highest BCUT2D eigenvalue weighted by molar-refractivity contribution is 7.92. The van der Waals surface area contributed by atoms with Crippen LogP contribution in [0.25, 0.3) is 0 Å². The minimum absolute atomic E-state index is 0.0584. The molecule has 232 valence electrons. The maximum atomic E-state index is 14.2. The summed E-state index contributed by atoms with van der Waals surface area (Å²) in [6.07, 6.45) is 1.08. The van der Waals surface area contributed by atoms with Gasteiger partial charge in [0.25, 0.3) is 10.0 Å². The van der Waals surface area contributed by atoms with Crippen LogP contribution in [0.1, 0.15) is 51.7 Å². The zero-order valence-electron chi connectivity index (χ0n) is 25.9. The van der Waals surface area contributed by atoms with E-state index in [1.54, 1.807) is 55.6 Å². The summed E-state index contributed by atoms with van der Waals surface area (Å²) in [5.41, 5.74) is 1.99. The van der Waals surface area contributed by atoms with E-state index in [4.69, 9.17) is 9.47 Å². The third kappa shape index (κ3) is 8.73. The van der Waals surface area contributed by atoms with Crippen LogP contribution in [0.3, 0.4) is 0 Å². The molecule has 3 aromatic rings. The average molecular weight is 610 g/mol. The van der Waals surface area contributed by atoms with Crippen LogP contribution < -0.4 is 19.1 Å². The van der Waals surface area contributed by atoms with Crippen molar-refractivity contribution in [2.45, 2.75) is 71.0 Å². The van der Waals surface area contributed by atoms with Crippen molar-refractivity contribution in [2.75, 3.05) is 24.6 Å². The minimum Gasteiger partial charge on any atom is -0.497 e. The molecule has 0 aliphatic carbocycles. The van der Waals surface area contributed by atoms with Gasteiger partial charge in [0.05, 0.1) is 24.3 Å². The minimum atomic E-state index is -4.15. The second-order valence-corrected chi connectivity index (χ2v) is 12.2. The predicted octanol–water partition coefficient (Wildman–Crippen LogP) is 5.32. The summed E-state index contributed by atoms with van der Waals surface area (Å²) in [7, 11) is -2.58. The number of carbonyl (C=O) groups excluding carboxylic acids is 2. The molecule has 43 heavy (non-hydrogen) atoms. The summed E-state index contributed by atoms with van der Waals surface area (Å²) in [6.45, 7) is 9.50. The van der Waals surface area contributed by atoms with Gasteiger partial charge < -0.3 is 19.7 Å². The molecule has 0 radical (unpaired) electrons. The normalized spacial score (nSPS) is 12.6. The van der Waals surface area contributed by atoms with Crippen LogP contribution in [0.4, 0.5) is 5.69 Å². The number of nitrogens with one attached hydrogen (secondary N) is 1. The Morgan fingerprint density at radius 2 is 1.47 bits per heavy atom. The summed E-state index contributed by atoms with van der Waals surface area (Å²) >= 11 is 0. The highest BCUT2D eigenvalue weighted by atomic mass is 32.2. The Labute approximate surface area is 255 Å². The molecule has 0 spiro atoms. The van der Waals surface area contributed by atoms with Crippen molar-refractivity contribution in [3.05, 3.63) is 83.9 Å². The van der Waals surface area contributed by atoms with Crippen molar-refractivity contribution in [3.8, 4) is 11.5 Å². The number of benzene rings is 3. The number of nitrogens with zero attached hydrogens (tertiary/aromatic N) is 2. The maximum Gasteiger partial charge on any atom is 0.264 e. The molecule has 2 atom stereocenters.